The van der Waals surface area contributed by atoms with Gasteiger partial charge in [0, 0.05) is 23.4 Å². The number of nitrogens with one attached hydrogen (secondary N) is 1. The van der Waals surface area contributed by atoms with Crippen LogP contribution < -0.4 is 19.9 Å². The topological polar surface area (TPSA) is 79.0 Å². The predicted octanol–water partition coefficient (Wildman–Crippen LogP) is 4.91. The number of ether oxygens (including phenoxy) is 1. The molecule has 35 heavy (non-hydrogen) atoms. The molecule has 0 aromatic heterocycles. The molecule has 1 fully saturated rings. The number of hydrogen-bond acceptors (Lipinski definition) is 5. The molecule has 2 aliphatic heterocycles. The zero-order valence-corrected chi connectivity index (χ0v) is 20.4. The highest BCUT2D eigenvalue weighted by Gasteiger charge is 2.37. The Morgan fingerprint density at radius 2 is 1.77 bits per heavy atom. The zero-order chi connectivity index (χ0) is 25.5. The molecule has 0 spiro atoms. The number of benzene rings is 2. The Morgan fingerprint density at radius 1 is 1.09 bits per heavy atom. The molecule has 182 valence electrons. The first-order valence-corrected chi connectivity index (χ1v) is 11.5. The van der Waals surface area contributed by atoms with Crippen molar-refractivity contribution in [1.82, 2.24) is 5.32 Å². The summed E-state index contributed by atoms with van der Waals surface area (Å²) in [5.74, 6) is -1.69. The minimum Gasteiger partial charge on any atom is -0.494 e. The van der Waals surface area contributed by atoms with Crippen LogP contribution in [-0.4, -0.2) is 36.5 Å². The Hall–Kier alpha value is -3.94. The van der Waals surface area contributed by atoms with E-state index in [0.29, 0.717) is 18.9 Å². The van der Waals surface area contributed by atoms with Crippen LogP contribution >= 0.6 is 0 Å². The van der Waals surface area contributed by atoms with E-state index in [9.17, 15) is 14.4 Å². The second kappa shape index (κ2) is 9.02. The molecule has 2 heterocycles. The number of carbonyl (C=O) groups excluding carboxylic acids is 3. The van der Waals surface area contributed by atoms with Crippen LogP contribution in [0.5, 0.6) is 5.75 Å². The first kappa shape index (κ1) is 24.2. The van der Waals surface area contributed by atoms with Crippen molar-refractivity contribution in [2.24, 2.45) is 0 Å². The van der Waals surface area contributed by atoms with E-state index >= 15 is 4.39 Å². The van der Waals surface area contributed by atoms with Crippen molar-refractivity contribution in [2.75, 3.05) is 23.0 Å². The fourth-order valence-corrected chi connectivity index (χ4v) is 4.71. The Balaban J connectivity index is 1.75. The third-order valence-corrected chi connectivity index (χ3v) is 6.22. The van der Waals surface area contributed by atoms with Gasteiger partial charge in [-0.1, -0.05) is 6.08 Å². The van der Waals surface area contributed by atoms with Gasteiger partial charge >= 0.3 is 6.03 Å². The minimum absolute atomic E-state index is 0.0896. The van der Waals surface area contributed by atoms with Gasteiger partial charge < -0.3 is 9.64 Å². The molecule has 1 saturated heterocycles. The Kier molecular flexibility index (Phi) is 6.23. The molecule has 1 N–H and O–H groups in total. The van der Waals surface area contributed by atoms with E-state index in [0.717, 1.165) is 21.7 Å². The molecule has 4 amide bonds. The second-order valence-electron chi connectivity index (χ2n) is 9.00. The van der Waals surface area contributed by atoms with Crippen LogP contribution in [0.15, 0.2) is 48.0 Å². The lowest BCUT2D eigenvalue weighted by atomic mass is 9.87. The van der Waals surface area contributed by atoms with E-state index < -0.39 is 23.7 Å². The van der Waals surface area contributed by atoms with Gasteiger partial charge in [0.05, 0.1) is 17.8 Å². The van der Waals surface area contributed by atoms with Crippen LogP contribution in [0.2, 0.25) is 0 Å². The molecule has 0 saturated carbocycles. The number of allylic oxidation sites excluding steroid dienone is 1. The summed E-state index contributed by atoms with van der Waals surface area (Å²) in [5.41, 5.74) is 2.29. The number of likely N-dealkylation sites (N-methyl/N-ethyl adjacent to an activating group) is 1. The number of nitrogens with zero attached hydrogens (tertiary/aromatic N) is 2. The predicted molar refractivity (Wildman–Crippen MR) is 134 cm³/mol. The maximum absolute atomic E-state index is 15.3. The summed E-state index contributed by atoms with van der Waals surface area (Å²) in [6.45, 7) is 11.1. The number of rotatable bonds is 5. The number of barbiturate groups is 1. The quantitative estimate of drug-likeness (QED) is 0.489. The maximum atomic E-state index is 15.3. The minimum atomic E-state index is -0.872. The summed E-state index contributed by atoms with van der Waals surface area (Å²) in [4.78, 5) is 41.2. The summed E-state index contributed by atoms with van der Waals surface area (Å²) in [7, 11) is 0. The van der Waals surface area contributed by atoms with Crippen molar-refractivity contribution in [3.05, 3.63) is 65.0 Å². The largest absolute Gasteiger partial charge is 0.494 e. The standard InChI is InChI=1S/C27H28FN3O4/c1-6-30-23-14-22(28)17(12-20(23)16(3)15-27(30,4)5)13-21-24(32)29-26(34)31(25(21)33)18-8-10-19(11-9-18)35-7-2/h8-15H,6-7H2,1-5H3,(H,29,32,34)/b21-13-. The third-order valence-electron chi connectivity index (χ3n) is 6.22. The molecule has 2 aromatic rings. The Bertz CT molecular complexity index is 1280. The van der Waals surface area contributed by atoms with Crippen LogP contribution in [0.25, 0.3) is 11.6 Å². The Labute approximate surface area is 203 Å². The molecule has 4 rings (SSSR count). The number of carbonyl (C=O) groups is 3. The first-order valence-electron chi connectivity index (χ1n) is 11.5. The van der Waals surface area contributed by atoms with Gasteiger partial charge in [0.2, 0.25) is 0 Å². The van der Waals surface area contributed by atoms with Gasteiger partial charge in [0.25, 0.3) is 11.8 Å². The van der Waals surface area contributed by atoms with Crippen LogP contribution in [0.3, 0.4) is 0 Å². The third kappa shape index (κ3) is 4.32. The summed E-state index contributed by atoms with van der Waals surface area (Å²) < 4.78 is 20.7. The van der Waals surface area contributed by atoms with Crippen molar-refractivity contribution < 1.29 is 23.5 Å². The highest BCUT2D eigenvalue weighted by molar-refractivity contribution is 6.39. The average molecular weight is 478 g/mol. The fourth-order valence-electron chi connectivity index (χ4n) is 4.71. The van der Waals surface area contributed by atoms with E-state index in [-0.39, 0.29) is 22.4 Å². The monoisotopic (exact) mass is 477 g/mol. The number of amides is 4. The number of anilines is 2. The lowest BCUT2D eigenvalue weighted by Crippen LogP contribution is -2.54. The van der Waals surface area contributed by atoms with Gasteiger partial charge in [0.15, 0.2) is 0 Å². The van der Waals surface area contributed by atoms with Gasteiger partial charge in [-0.3, -0.25) is 14.9 Å². The van der Waals surface area contributed by atoms with Crippen molar-refractivity contribution in [1.29, 1.82) is 0 Å². The summed E-state index contributed by atoms with van der Waals surface area (Å²) >= 11 is 0. The van der Waals surface area contributed by atoms with E-state index in [1.165, 1.54) is 12.1 Å². The molecular formula is C27H28FN3O4. The highest BCUT2D eigenvalue weighted by Crippen LogP contribution is 2.40. The van der Waals surface area contributed by atoms with E-state index in [1.807, 2.05) is 20.8 Å². The first-order chi connectivity index (χ1) is 16.6. The van der Waals surface area contributed by atoms with E-state index in [1.54, 1.807) is 30.3 Å². The number of fused-ring (bicyclic) bond motifs is 1. The van der Waals surface area contributed by atoms with Gasteiger partial charge in [-0.2, -0.15) is 0 Å². The van der Waals surface area contributed by atoms with E-state index in [2.05, 4.69) is 30.1 Å². The van der Waals surface area contributed by atoms with Gasteiger partial charge in [0.1, 0.15) is 17.1 Å². The molecular weight excluding hydrogens is 449 g/mol. The summed E-state index contributed by atoms with van der Waals surface area (Å²) in [5, 5.41) is 2.17. The molecule has 0 unspecified atom stereocenters. The molecule has 2 aromatic carbocycles. The fraction of sp³-hybridized carbons (Fsp3) is 0.296. The number of imide groups is 2. The normalized spacial score (nSPS) is 18.4. The molecule has 0 atom stereocenters. The maximum Gasteiger partial charge on any atom is 0.335 e. The molecule has 0 bridgehead atoms. The molecule has 7 nitrogen and oxygen atoms in total. The number of urea groups is 1. The SMILES string of the molecule is CCOc1ccc(N2C(=O)NC(=O)/C(=C/c3cc4c(cc3F)N(CC)C(C)(C)C=C4C)C2=O)cc1. The van der Waals surface area contributed by atoms with Gasteiger partial charge in [-0.25, -0.2) is 14.1 Å². The zero-order valence-electron chi connectivity index (χ0n) is 20.4. The van der Waals surface area contributed by atoms with Crippen LogP contribution in [0.4, 0.5) is 20.6 Å². The molecule has 2 aliphatic rings. The number of halogens is 1. The Morgan fingerprint density at radius 3 is 2.40 bits per heavy atom. The lowest BCUT2D eigenvalue weighted by molar-refractivity contribution is -0.122. The van der Waals surface area contributed by atoms with Crippen LogP contribution in [-0.2, 0) is 9.59 Å². The van der Waals surface area contributed by atoms with Gasteiger partial charge in [-0.05, 0) is 82.7 Å². The smallest absolute Gasteiger partial charge is 0.335 e. The lowest BCUT2D eigenvalue weighted by Gasteiger charge is -2.43. The second-order valence-corrected chi connectivity index (χ2v) is 9.00. The van der Waals surface area contributed by atoms with Crippen LogP contribution in [0.1, 0.15) is 45.7 Å². The van der Waals surface area contributed by atoms with E-state index in [4.69, 9.17) is 4.74 Å². The number of hydrogen-bond donors (Lipinski definition) is 1. The molecule has 0 radical (unpaired) electrons. The molecule has 8 heteroatoms. The van der Waals surface area contributed by atoms with Gasteiger partial charge in [-0.15, -0.1) is 0 Å². The molecule has 0 aliphatic carbocycles. The average Bonchev–Trinajstić information content (AvgIpc) is 2.78. The van der Waals surface area contributed by atoms with Crippen molar-refractivity contribution in [2.45, 2.75) is 40.2 Å². The van der Waals surface area contributed by atoms with Crippen molar-refractivity contribution in [3.63, 3.8) is 0 Å². The van der Waals surface area contributed by atoms with Crippen LogP contribution in [0, 0.1) is 5.82 Å². The highest BCUT2D eigenvalue weighted by atomic mass is 19.1. The summed E-state index contributed by atoms with van der Waals surface area (Å²) in [6, 6.07) is 8.54. The summed E-state index contributed by atoms with van der Waals surface area (Å²) in [6.07, 6.45) is 3.31. The van der Waals surface area contributed by atoms with Crippen molar-refractivity contribution >= 4 is 40.9 Å². The van der Waals surface area contributed by atoms with Crippen molar-refractivity contribution in [3.8, 4) is 5.75 Å².